The molecule has 0 bridgehead atoms. The van der Waals surface area contributed by atoms with Crippen molar-refractivity contribution in [3.8, 4) is 5.75 Å². The van der Waals surface area contributed by atoms with Gasteiger partial charge in [0.15, 0.2) is 0 Å². The van der Waals surface area contributed by atoms with Crippen molar-refractivity contribution >= 4 is 27.5 Å². The van der Waals surface area contributed by atoms with E-state index in [4.69, 9.17) is 5.14 Å². The second-order valence-electron chi connectivity index (χ2n) is 9.84. The Hall–Kier alpha value is -3.98. The Morgan fingerprint density at radius 2 is 1.80 bits per heavy atom. The number of hydrogen-bond acceptors (Lipinski definition) is 9. The highest BCUT2D eigenvalue weighted by Gasteiger charge is 2.32. The standard InChI is InChI=1S/C26H29F3N6O5S/c27-26(28,29)40-23-7-2-1-5-21(23)14-32-25-33-15-22(35(36)37)24(34-25)31-13-17-8-10-19(11-9-17)20-6-3-4-18(12-20)16-41(30,38)39/h1-7,12,15,17,19H,8-11,13-14,16H2,(H2,30,38,39)(H2,31,32,33,34). The lowest BCUT2D eigenvalue weighted by Crippen LogP contribution is -2.22. The van der Waals surface area contributed by atoms with E-state index in [1.165, 1.54) is 18.2 Å². The summed E-state index contributed by atoms with van der Waals surface area (Å²) in [5.74, 6) is -0.105. The minimum atomic E-state index is -4.85. The van der Waals surface area contributed by atoms with Gasteiger partial charge in [0.25, 0.3) is 0 Å². The quantitative estimate of drug-likeness (QED) is 0.203. The van der Waals surface area contributed by atoms with Crippen molar-refractivity contribution in [1.82, 2.24) is 9.97 Å². The first-order chi connectivity index (χ1) is 19.4. The van der Waals surface area contributed by atoms with Gasteiger partial charge in [0.05, 0.1) is 10.7 Å². The Bertz CT molecular complexity index is 1480. The van der Waals surface area contributed by atoms with Gasteiger partial charge in [-0.3, -0.25) is 10.1 Å². The summed E-state index contributed by atoms with van der Waals surface area (Å²) >= 11 is 0. The zero-order valence-electron chi connectivity index (χ0n) is 21.8. The average Bonchev–Trinajstić information content (AvgIpc) is 2.90. The van der Waals surface area contributed by atoms with Gasteiger partial charge < -0.3 is 15.4 Å². The van der Waals surface area contributed by atoms with Gasteiger partial charge in [-0.25, -0.2) is 18.5 Å². The lowest BCUT2D eigenvalue weighted by Gasteiger charge is -2.29. The number of nitrogens with two attached hydrogens (primary N) is 1. The maximum atomic E-state index is 12.7. The molecule has 2 aromatic carbocycles. The lowest BCUT2D eigenvalue weighted by molar-refractivity contribution is -0.384. The Kier molecular flexibility index (Phi) is 9.28. The number of primary sulfonamides is 1. The molecular weight excluding hydrogens is 565 g/mol. The SMILES string of the molecule is NS(=O)(=O)Cc1cccc(C2CCC(CNc3nc(NCc4ccccc4OC(F)(F)F)ncc3[N+](=O)[O-])CC2)c1. The minimum absolute atomic E-state index is 0.00277. The molecule has 0 radical (unpaired) electrons. The Morgan fingerprint density at radius 1 is 1.07 bits per heavy atom. The van der Waals surface area contributed by atoms with Crippen molar-refractivity contribution in [3.63, 3.8) is 0 Å². The van der Waals surface area contributed by atoms with Gasteiger partial charge >= 0.3 is 12.0 Å². The van der Waals surface area contributed by atoms with Gasteiger partial charge in [-0.15, -0.1) is 13.2 Å². The van der Waals surface area contributed by atoms with Gasteiger partial charge in [0.2, 0.25) is 21.8 Å². The molecular formula is C26H29F3N6O5S. The number of hydrogen-bond donors (Lipinski definition) is 3. The van der Waals surface area contributed by atoms with Gasteiger partial charge in [-0.1, -0.05) is 42.5 Å². The van der Waals surface area contributed by atoms with Crippen LogP contribution < -0.4 is 20.5 Å². The highest BCUT2D eigenvalue weighted by molar-refractivity contribution is 7.88. The second kappa shape index (κ2) is 12.7. The van der Waals surface area contributed by atoms with Crippen molar-refractivity contribution < 1.29 is 31.2 Å². The number of aromatic nitrogens is 2. The molecule has 15 heteroatoms. The van der Waals surface area contributed by atoms with Crippen LogP contribution in [0, 0.1) is 16.0 Å². The number of nitrogens with one attached hydrogen (secondary N) is 2. The first-order valence-electron chi connectivity index (χ1n) is 12.8. The van der Waals surface area contributed by atoms with Crippen LogP contribution in [0.4, 0.5) is 30.6 Å². The van der Waals surface area contributed by atoms with E-state index in [0.717, 1.165) is 37.4 Å². The smallest absolute Gasteiger partial charge is 0.405 e. The Balaban J connectivity index is 1.36. The number of sulfonamides is 1. The monoisotopic (exact) mass is 594 g/mol. The van der Waals surface area contributed by atoms with E-state index in [2.05, 4.69) is 25.3 Å². The third-order valence-corrected chi connectivity index (χ3v) is 7.53. The number of nitro groups is 1. The third kappa shape index (κ3) is 9.01. The van der Waals surface area contributed by atoms with Crippen LogP contribution in [-0.2, 0) is 22.3 Å². The van der Waals surface area contributed by atoms with Crippen molar-refractivity contribution in [2.24, 2.45) is 11.1 Å². The van der Waals surface area contributed by atoms with E-state index in [1.807, 2.05) is 18.2 Å². The fraction of sp³-hybridized carbons (Fsp3) is 0.385. The molecule has 1 aliphatic rings. The molecule has 0 spiro atoms. The van der Waals surface area contributed by atoms with E-state index < -0.39 is 21.3 Å². The summed E-state index contributed by atoms with van der Waals surface area (Å²) in [5, 5.41) is 22.6. The fourth-order valence-electron chi connectivity index (χ4n) is 4.88. The highest BCUT2D eigenvalue weighted by atomic mass is 32.2. The van der Waals surface area contributed by atoms with E-state index >= 15 is 0 Å². The molecule has 1 aliphatic carbocycles. The normalized spacial score (nSPS) is 17.6. The summed E-state index contributed by atoms with van der Waals surface area (Å²) in [5.41, 5.74) is 1.58. The molecule has 0 aliphatic heterocycles. The Labute approximate surface area is 234 Å². The molecule has 4 rings (SSSR count). The van der Waals surface area contributed by atoms with Gasteiger partial charge in [-0.05, 0) is 54.7 Å². The molecule has 0 unspecified atom stereocenters. The molecule has 1 aromatic heterocycles. The van der Waals surface area contributed by atoms with Crippen LogP contribution >= 0.6 is 0 Å². The van der Waals surface area contributed by atoms with Gasteiger partial charge in [0, 0.05) is 18.7 Å². The topological polar surface area (TPSA) is 162 Å². The molecule has 3 aromatic rings. The number of ether oxygens (including phenoxy) is 1. The van der Waals surface area contributed by atoms with Crippen LogP contribution in [0.5, 0.6) is 5.75 Å². The summed E-state index contributed by atoms with van der Waals surface area (Å²) < 4.78 is 65.1. The van der Waals surface area contributed by atoms with Crippen molar-refractivity contribution in [2.45, 2.75) is 50.3 Å². The maximum Gasteiger partial charge on any atom is 0.573 e. The summed E-state index contributed by atoms with van der Waals surface area (Å²) in [6, 6.07) is 13.0. The molecule has 1 fully saturated rings. The van der Waals surface area contributed by atoms with Crippen molar-refractivity contribution in [2.75, 3.05) is 17.2 Å². The highest BCUT2D eigenvalue weighted by Crippen LogP contribution is 2.36. The van der Waals surface area contributed by atoms with E-state index in [9.17, 15) is 31.7 Å². The van der Waals surface area contributed by atoms with Gasteiger partial charge in [0.1, 0.15) is 11.9 Å². The van der Waals surface area contributed by atoms with Crippen LogP contribution in [0.2, 0.25) is 0 Å². The number of anilines is 2. The first-order valence-corrected chi connectivity index (χ1v) is 14.5. The molecule has 11 nitrogen and oxygen atoms in total. The van der Waals surface area contributed by atoms with E-state index in [0.29, 0.717) is 12.1 Å². The van der Waals surface area contributed by atoms with Crippen molar-refractivity contribution in [1.29, 1.82) is 0 Å². The predicted octanol–water partition coefficient (Wildman–Crippen LogP) is 5.07. The minimum Gasteiger partial charge on any atom is -0.405 e. The molecule has 0 atom stereocenters. The third-order valence-electron chi connectivity index (χ3n) is 6.80. The molecule has 4 N–H and O–H groups in total. The number of rotatable bonds is 11. The molecule has 0 amide bonds. The van der Waals surface area contributed by atoms with Crippen LogP contribution in [0.1, 0.15) is 48.3 Å². The first kappa shape index (κ1) is 30.0. The summed E-state index contributed by atoms with van der Waals surface area (Å²) in [6.07, 6.45) is -0.393. The number of alkyl halides is 3. The zero-order valence-corrected chi connectivity index (χ0v) is 22.6. The van der Waals surface area contributed by atoms with E-state index in [-0.39, 0.29) is 52.9 Å². The zero-order chi connectivity index (χ0) is 29.6. The summed E-state index contributed by atoms with van der Waals surface area (Å²) in [7, 11) is -3.62. The molecule has 220 valence electrons. The van der Waals surface area contributed by atoms with Crippen LogP contribution in [0.3, 0.4) is 0 Å². The average molecular weight is 595 g/mol. The van der Waals surface area contributed by atoms with E-state index in [1.54, 1.807) is 12.1 Å². The number of halogens is 3. The number of benzene rings is 2. The molecule has 41 heavy (non-hydrogen) atoms. The Morgan fingerprint density at radius 3 is 2.49 bits per heavy atom. The van der Waals surface area contributed by atoms with Crippen LogP contribution in [0.25, 0.3) is 0 Å². The van der Waals surface area contributed by atoms with Gasteiger partial charge in [-0.2, -0.15) is 4.98 Å². The molecule has 1 saturated carbocycles. The lowest BCUT2D eigenvalue weighted by atomic mass is 9.78. The van der Waals surface area contributed by atoms with Crippen LogP contribution in [0.15, 0.2) is 54.7 Å². The number of para-hydroxylation sites is 1. The second-order valence-corrected chi connectivity index (χ2v) is 11.5. The summed E-state index contributed by atoms with van der Waals surface area (Å²) in [4.78, 5) is 19.1. The van der Waals surface area contributed by atoms with Crippen molar-refractivity contribution in [3.05, 3.63) is 81.5 Å². The largest absolute Gasteiger partial charge is 0.573 e. The summed E-state index contributed by atoms with van der Waals surface area (Å²) in [6.45, 7) is 0.323. The predicted molar refractivity (Wildman–Crippen MR) is 146 cm³/mol. The maximum absolute atomic E-state index is 12.7. The number of nitrogens with zero attached hydrogens (tertiary/aromatic N) is 3. The molecule has 0 saturated heterocycles. The molecule has 1 heterocycles. The fourth-order valence-corrected chi connectivity index (χ4v) is 5.53. The van der Waals surface area contributed by atoms with Crippen LogP contribution in [-0.4, -0.2) is 36.2 Å².